The molecule has 0 atom stereocenters. The van der Waals surface area contributed by atoms with Gasteiger partial charge in [-0.25, -0.2) is 4.39 Å². The number of amides is 1. The maximum Gasteiger partial charge on any atom is 0.232 e. The smallest absolute Gasteiger partial charge is 0.232 e. The number of thioether (sulfide) groups is 1. The van der Waals surface area contributed by atoms with Crippen LogP contribution in [-0.4, -0.2) is 44.9 Å². The first-order chi connectivity index (χ1) is 14.1. The lowest BCUT2D eigenvalue weighted by molar-refractivity contribution is -0.127. The molecule has 0 aliphatic heterocycles. The van der Waals surface area contributed by atoms with Crippen molar-refractivity contribution in [1.29, 1.82) is 5.26 Å². The fourth-order valence-corrected chi connectivity index (χ4v) is 3.60. The fraction of sp³-hybridized carbons (Fsp3) is 0.238. The van der Waals surface area contributed by atoms with E-state index in [0.29, 0.717) is 29.6 Å². The molecule has 6 nitrogen and oxygen atoms in total. The molecule has 0 radical (unpaired) electrons. The Bertz CT molecular complexity index is 1020. The molecule has 1 amide bonds. The Morgan fingerprint density at radius 1 is 1.17 bits per heavy atom. The molecular weight excluding hydrogens is 389 g/mol. The molecule has 0 fully saturated rings. The van der Waals surface area contributed by atoms with E-state index >= 15 is 0 Å². The highest BCUT2D eigenvalue weighted by atomic mass is 32.2. The van der Waals surface area contributed by atoms with Crippen molar-refractivity contribution in [2.24, 2.45) is 0 Å². The van der Waals surface area contributed by atoms with Crippen molar-refractivity contribution >= 4 is 17.7 Å². The number of benzene rings is 2. The first kappa shape index (κ1) is 20.6. The number of rotatable bonds is 8. The van der Waals surface area contributed by atoms with E-state index in [2.05, 4.69) is 10.2 Å². The summed E-state index contributed by atoms with van der Waals surface area (Å²) in [4.78, 5) is 13.8. The summed E-state index contributed by atoms with van der Waals surface area (Å²) in [6, 6.07) is 18.2. The van der Waals surface area contributed by atoms with Crippen LogP contribution in [0.1, 0.15) is 12.0 Å². The van der Waals surface area contributed by atoms with Crippen LogP contribution in [0.25, 0.3) is 11.4 Å². The summed E-state index contributed by atoms with van der Waals surface area (Å²) in [5.74, 6) is 0.0938. The summed E-state index contributed by atoms with van der Waals surface area (Å²) in [6.45, 7) is 0.839. The molecule has 0 aliphatic carbocycles. The van der Waals surface area contributed by atoms with Crippen molar-refractivity contribution in [3.05, 3.63) is 66.0 Å². The SMILES string of the molecule is CN(CCC#N)C(=O)CSc1nnc(-c2ccccc2F)n1Cc1ccccc1. The van der Waals surface area contributed by atoms with Crippen molar-refractivity contribution in [3.63, 3.8) is 0 Å². The van der Waals surface area contributed by atoms with Crippen LogP contribution in [0.3, 0.4) is 0 Å². The van der Waals surface area contributed by atoms with E-state index in [9.17, 15) is 9.18 Å². The van der Waals surface area contributed by atoms with Gasteiger partial charge in [0, 0.05) is 13.6 Å². The van der Waals surface area contributed by atoms with Gasteiger partial charge in [0.1, 0.15) is 5.82 Å². The van der Waals surface area contributed by atoms with Crippen LogP contribution in [0.2, 0.25) is 0 Å². The third kappa shape index (κ3) is 5.21. The second-order valence-corrected chi connectivity index (χ2v) is 7.31. The van der Waals surface area contributed by atoms with E-state index in [0.717, 1.165) is 5.56 Å². The topological polar surface area (TPSA) is 74.8 Å². The first-order valence-corrected chi connectivity index (χ1v) is 10.0. The van der Waals surface area contributed by atoms with Crippen molar-refractivity contribution in [1.82, 2.24) is 19.7 Å². The lowest BCUT2D eigenvalue weighted by atomic mass is 10.2. The number of nitrogens with zero attached hydrogens (tertiary/aromatic N) is 5. The van der Waals surface area contributed by atoms with Gasteiger partial charge in [-0.2, -0.15) is 5.26 Å². The monoisotopic (exact) mass is 409 g/mol. The van der Waals surface area contributed by atoms with Gasteiger partial charge in [-0.3, -0.25) is 9.36 Å². The number of hydrogen-bond acceptors (Lipinski definition) is 5. The summed E-state index contributed by atoms with van der Waals surface area (Å²) in [7, 11) is 1.67. The number of carbonyl (C=O) groups excluding carboxylic acids is 1. The highest BCUT2D eigenvalue weighted by Crippen LogP contribution is 2.27. The van der Waals surface area contributed by atoms with Gasteiger partial charge < -0.3 is 4.90 Å². The lowest BCUT2D eigenvalue weighted by Gasteiger charge is -2.15. The van der Waals surface area contributed by atoms with Gasteiger partial charge in [-0.05, 0) is 17.7 Å². The quantitative estimate of drug-likeness (QED) is 0.532. The Hall–Kier alpha value is -3.18. The molecule has 1 aromatic heterocycles. The molecule has 0 spiro atoms. The second kappa shape index (κ2) is 9.85. The highest BCUT2D eigenvalue weighted by molar-refractivity contribution is 7.99. The Kier molecular flexibility index (Phi) is 6.98. The maximum absolute atomic E-state index is 14.4. The summed E-state index contributed by atoms with van der Waals surface area (Å²) in [6.07, 6.45) is 0.286. The predicted molar refractivity (Wildman–Crippen MR) is 110 cm³/mol. The Balaban J connectivity index is 1.86. The van der Waals surface area contributed by atoms with Crippen LogP contribution in [0, 0.1) is 17.1 Å². The van der Waals surface area contributed by atoms with Crippen LogP contribution in [0.4, 0.5) is 4.39 Å². The Morgan fingerprint density at radius 3 is 2.62 bits per heavy atom. The van der Waals surface area contributed by atoms with Gasteiger partial charge in [0.15, 0.2) is 11.0 Å². The minimum Gasteiger partial charge on any atom is -0.344 e. The van der Waals surface area contributed by atoms with Crippen LogP contribution in [-0.2, 0) is 11.3 Å². The summed E-state index contributed by atoms with van der Waals surface area (Å²) >= 11 is 1.25. The molecule has 0 bridgehead atoms. The zero-order valence-corrected chi connectivity index (χ0v) is 16.8. The van der Waals surface area contributed by atoms with E-state index < -0.39 is 0 Å². The molecule has 0 saturated carbocycles. The standard InChI is InChI=1S/C21H20FN5OS/c1-26(13-7-12-23)19(28)15-29-21-25-24-20(17-10-5-6-11-18(17)22)27(21)14-16-8-3-2-4-9-16/h2-6,8-11H,7,13-15H2,1H3. The van der Waals surface area contributed by atoms with Crippen LogP contribution >= 0.6 is 11.8 Å². The number of nitriles is 1. The molecule has 0 unspecified atom stereocenters. The van der Waals surface area contributed by atoms with E-state index in [1.807, 2.05) is 41.0 Å². The average Bonchev–Trinajstić information content (AvgIpc) is 3.13. The third-order valence-electron chi connectivity index (χ3n) is 4.32. The van der Waals surface area contributed by atoms with Crippen molar-refractivity contribution in [2.45, 2.75) is 18.1 Å². The molecule has 8 heteroatoms. The zero-order chi connectivity index (χ0) is 20.6. The molecule has 0 aliphatic rings. The predicted octanol–water partition coefficient (Wildman–Crippen LogP) is 3.60. The van der Waals surface area contributed by atoms with Crippen LogP contribution in [0.5, 0.6) is 0 Å². The molecule has 3 aromatic rings. The molecule has 148 valence electrons. The second-order valence-electron chi connectivity index (χ2n) is 6.37. The first-order valence-electron chi connectivity index (χ1n) is 9.06. The highest BCUT2D eigenvalue weighted by Gasteiger charge is 2.19. The van der Waals surface area contributed by atoms with Gasteiger partial charge in [-0.15, -0.1) is 10.2 Å². The van der Waals surface area contributed by atoms with Crippen molar-refractivity contribution in [3.8, 4) is 17.5 Å². The summed E-state index contributed by atoms with van der Waals surface area (Å²) in [5, 5.41) is 17.6. The molecule has 0 N–H and O–H groups in total. The third-order valence-corrected chi connectivity index (χ3v) is 5.28. The van der Waals surface area contributed by atoms with Crippen LogP contribution < -0.4 is 0 Å². The largest absolute Gasteiger partial charge is 0.344 e. The van der Waals surface area contributed by atoms with Gasteiger partial charge >= 0.3 is 0 Å². The van der Waals surface area contributed by atoms with Gasteiger partial charge in [0.05, 0.1) is 30.4 Å². The molecule has 2 aromatic carbocycles. The molecule has 1 heterocycles. The maximum atomic E-state index is 14.4. The molecule has 0 saturated heterocycles. The summed E-state index contributed by atoms with van der Waals surface area (Å²) < 4.78 is 16.2. The lowest BCUT2D eigenvalue weighted by Crippen LogP contribution is -2.29. The van der Waals surface area contributed by atoms with E-state index in [1.54, 1.807) is 25.2 Å². The van der Waals surface area contributed by atoms with E-state index in [4.69, 9.17) is 5.26 Å². The average molecular weight is 409 g/mol. The minimum absolute atomic E-state index is 0.105. The van der Waals surface area contributed by atoms with Crippen LogP contribution in [0.15, 0.2) is 59.8 Å². The Morgan fingerprint density at radius 2 is 1.90 bits per heavy atom. The van der Waals surface area contributed by atoms with Gasteiger partial charge in [0.2, 0.25) is 5.91 Å². The van der Waals surface area contributed by atoms with Crippen molar-refractivity contribution < 1.29 is 9.18 Å². The zero-order valence-electron chi connectivity index (χ0n) is 16.0. The summed E-state index contributed by atoms with van der Waals surface area (Å²) in [5.41, 5.74) is 1.38. The minimum atomic E-state index is -0.377. The molecular formula is C21H20FN5OS. The molecule has 29 heavy (non-hydrogen) atoms. The number of hydrogen-bond donors (Lipinski definition) is 0. The fourth-order valence-electron chi connectivity index (χ4n) is 2.72. The number of halogens is 1. The Labute approximate surface area is 173 Å². The molecule has 3 rings (SSSR count). The normalized spacial score (nSPS) is 10.5. The number of aromatic nitrogens is 3. The van der Waals surface area contributed by atoms with Gasteiger partial charge in [0.25, 0.3) is 0 Å². The van der Waals surface area contributed by atoms with E-state index in [1.165, 1.54) is 22.7 Å². The van der Waals surface area contributed by atoms with Gasteiger partial charge in [-0.1, -0.05) is 54.2 Å². The van der Waals surface area contributed by atoms with Crippen molar-refractivity contribution in [2.75, 3.05) is 19.3 Å². The van der Waals surface area contributed by atoms with E-state index in [-0.39, 0.29) is 23.9 Å². The number of carbonyl (C=O) groups is 1.